The van der Waals surface area contributed by atoms with Crippen molar-refractivity contribution in [3.63, 3.8) is 0 Å². The number of hydrogen-bond donors (Lipinski definition) is 3. The molecule has 0 spiro atoms. The number of halogens is 2. The van der Waals surface area contributed by atoms with Gasteiger partial charge in [-0.1, -0.05) is 12.1 Å². The number of benzene rings is 3. The maximum absolute atomic E-state index is 13.3. The van der Waals surface area contributed by atoms with E-state index in [1.54, 1.807) is 0 Å². The molecule has 0 aliphatic heterocycles. The number of phenolic OH excluding ortho intramolecular Hbond substituents is 1. The summed E-state index contributed by atoms with van der Waals surface area (Å²) in [6.45, 7) is 2.69. The summed E-state index contributed by atoms with van der Waals surface area (Å²) >= 11 is 0. The Bertz CT molecular complexity index is 1350. The van der Waals surface area contributed by atoms with Crippen LogP contribution in [0, 0.1) is 18.6 Å². The molecule has 3 aromatic carbocycles. The zero-order valence-electron chi connectivity index (χ0n) is 17.6. The van der Waals surface area contributed by atoms with E-state index in [1.807, 2.05) is 35.8 Å². The summed E-state index contributed by atoms with van der Waals surface area (Å²) in [6.07, 6.45) is 0. The molecular formula is C24H20F2N4O3. The molecule has 0 bridgehead atoms. The van der Waals surface area contributed by atoms with Gasteiger partial charge in [-0.25, -0.2) is 13.8 Å². The molecule has 3 N–H and O–H groups in total. The lowest BCUT2D eigenvalue weighted by Crippen LogP contribution is -2.27. The van der Waals surface area contributed by atoms with E-state index < -0.39 is 23.4 Å². The third-order valence-electron chi connectivity index (χ3n) is 5.09. The molecule has 9 heteroatoms. The van der Waals surface area contributed by atoms with Crippen molar-refractivity contribution in [2.24, 2.45) is 0 Å². The van der Waals surface area contributed by atoms with Gasteiger partial charge in [0.25, 0.3) is 11.8 Å². The largest absolute Gasteiger partial charge is 0.507 e. The average Bonchev–Trinajstić information content (AvgIpc) is 3.08. The summed E-state index contributed by atoms with van der Waals surface area (Å²) < 4.78 is 28.6. The van der Waals surface area contributed by atoms with Crippen LogP contribution in [0.4, 0.5) is 14.5 Å². The molecule has 0 fully saturated rings. The van der Waals surface area contributed by atoms with Gasteiger partial charge in [0.15, 0.2) is 0 Å². The zero-order valence-corrected chi connectivity index (χ0v) is 17.6. The average molecular weight is 450 g/mol. The normalized spacial score (nSPS) is 10.9. The molecule has 2 amide bonds. The van der Waals surface area contributed by atoms with Crippen LogP contribution in [0.3, 0.4) is 0 Å². The Hall–Kier alpha value is -4.27. The smallest absolute Gasteiger partial charge is 0.255 e. The molecule has 4 rings (SSSR count). The lowest BCUT2D eigenvalue weighted by atomic mass is 10.1. The van der Waals surface area contributed by atoms with Crippen molar-refractivity contribution >= 4 is 28.5 Å². The van der Waals surface area contributed by atoms with E-state index in [0.717, 1.165) is 29.0 Å². The number of nitrogens with one attached hydrogen (secondary N) is 2. The molecule has 0 atom stereocenters. The summed E-state index contributed by atoms with van der Waals surface area (Å²) in [5.74, 6) is -2.53. The standard InChI is InChI=1S/C24H20F2N4O3/c1-14-28-20-4-2-3-5-21(20)30(14)9-8-27-24(33)19-7-6-18(13-22(19)31)29-23(32)15-10-16(25)12-17(26)11-15/h2-7,10-13,31H,8-9H2,1H3,(H,27,33)(H,29,32). The predicted molar refractivity (Wildman–Crippen MR) is 119 cm³/mol. The van der Waals surface area contributed by atoms with Gasteiger partial charge in [-0.15, -0.1) is 0 Å². The number of nitrogens with zero attached hydrogens (tertiary/aromatic N) is 2. The van der Waals surface area contributed by atoms with E-state index >= 15 is 0 Å². The van der Waals surface area contributed by atoms with E-state index in [1.165, 1.54) is 18.2 Å². The number of hydrogen-bond acceptors (Lipinski definition) is 4. The van der Waals surface area contributed by atoms with Crippen LogP contribution < -0.4 is 10.6 Å². The molecule has 0 aliphatic carbocycles. The van der Waals surface area contributed by atoms with E-state index in [0.29, 0.717) is 19.2 Å². The van der Waals surface area contributed by atoms with Gasteiger partial charge in [0.05, 0.1) is 16.6 Å². The molecule has 7 nitrogen and oxygen atoms in total. The third kappa shape index (κ3) is 4.82. The molecule has 4 aromatic rings. The number of carbonyl (C=O) groups is 2. The van der Waals surface area contributed by atoms with Crippen molar-refractivity contribution in [2.45, 2.75) is 13.5 Å². The number of imidazole rings is 1. The second-order valence-corrected chi connectivity index (χ2v) is 7.40. The highest BCUT2D eigenvalue weighted by Gasteiger charge is 2.15. The fraction of sp³-hybridized carbons (Fsp3) is 0.125. The van der Waals surface area contributed by atoms with Crippen LogP contribution in [0.2, 0.25) is 0 Å². The first kappa shape index (κ1) is 21.9. The molecule has 0 unspecified atom stereocenters. The number of anilines is 1. The number of amides is 2. The molecule has 0 saturated carbocycles. The minimum atomic E-state index is -0.881. The lowest BCUT2D eigenvalue weighted by molar-refractivity contribution is 0.0949. The summed E-state index contributed by atoms with van der Waals surface area (Å²) in [5.41, 5.74) is 1.82. The first-order valence-corrected chi connectivity index (χ1v) is 10.1. The van der Waals surface area contributed by atoms with Gasteiger partial charge in [0.2, 0.25) is 0 Å². The maximum Gasteiger partial charge on any atom is 0.255 e. The van der Waals surface area contributed by atoms with Gasteiger partial charge in [0, 0.05) is 36.5 Å². The topological polar surface area (TPSA) is 96.3 Å². The molecule has 168 valence electrons. The van der Waals surface area contributed by atoms with Crippen LogP contribution in [-0.4, -0.2) is 33.0 Å². The monoisotopic (exact) mass is 450 g/mol. The molecule has 0 radical (unpaired) electrons. The van der Waals surface area contributed by atoms with Gasteiger partial charge in [-0.05, 0) is 43.3 Å². The highest BCUT2D eigenvalue weighted by molar-refractivity contribution is 6.05. The number of rotatable bonds is 6. The zero-order chi connectivity index (χ0) is 23.5. The highest BCUT2D eigenvalue weighted by atomic mass is 19.1. The Labute approximate surface area is 187 Å². The van der Waals surface area contributed by atoms with E-state index in [2.05, 4.69) is 15.6 Å². The number of aromatic nitrogens is 2. The fourth-order valence-electron chi connectivity index (χ4n) is 3.54. The summed E-state index contributed by atoms with van der Waals surface area (Å²) in [4.78, 5) is 29.2. The maximum atomic E-state index is 13.3. The van der Waals surface area contributed by atoms with Crippen molar-refractivity contribution in [3.05, 3.63) is 89.2 Å². The van der Waals surface area contributed by atoms with E-state index in [9.17, 15) is 23.5 Å². The van der Waals surface area contributed by atoms with Crippen LogP contribution in [0.1, 0.15) is 26.5 Å². The van der Waals surface area contributed by atoms with Crippen molar-refractivity contribution in [1.82, 2.24) is 14.9 Å². The van der Waals surface area contributed by atoms with Crippen LogP contribution in [0.15, 0.2) is 60.7 Å². The summed E-state index contributed by atoms with van der Waals surface area (Å²) in [6, 6.07) is 14.1. The number of para-hydroxylation sites is 2. The summed E-state index contributed by atoms with van der Waals surface area (Å²) in [7, 11) is 0. The third-order valence-corrected chi connectivity index (χ3v) is 5.09. The minimum Gasteiger partial charge on any atom is -0.507 e. The first-order valence-electron chi connectivity index (χ1n) is 10.1. The van der Waals surface area contributed by atoms with Crippen LogP contribution in [-0.2, 0) is 6.54 Å². The molecule has 1 heterocycles. The molecule has 1 aromatic heterocycles. The second kappa shape index (κ2) is 9.07. The number of carbonyl (C=O) groups excluding carboxylic acids is 2. The fourth-order valence-corrected chi connectivity index (χ4v) is 3.54. The Morgan fingerprint density at radius 1 is 1.00 bits per heavy atom. The van der Waals surface area contributed by atoms with Crippen molar-refractivity contribution in [1.29, 1.82) is 0 Å². The minimum absolute atomic E-state index is 0.0250. The Morgan fingerprint density at radius 3 is 2.45 bits per heavy atom. The van der Waals surface area contributed by atoms with Gasteiger partial charge in [-0.2, -0.15) is 0 Å². The van der Waals surface area contributed by atoms with E-state index in [-0.39, 0.29) is 22.6 Å². The van der Waals surface area contributed by atoms with Crippen LogP contribution in [0.5, 0.6) is 5.75 Å². The van der Waals surface area contributed by atoms with Gasteiger partial charge in [-0.3, -0.25) is 9.59 Å². The first-order chi connectivity index (χ1) is 15.8. The van der Waals surface area contributed by atoms with Crippen molar-refractivity contribution in [2.75, 3.05) is 11.9 Å². The van der Waals surface area contributed by atoms with Gasteiger partial charge in [0.1, 0.15) is 23.2 Å². The quantitative estimate of drug-likeness (QED) is 0.414. The SMILES string of the molecule is Cc1nc2ccccc2n1CCNC(=O)c1ccc(NC(=O)c2cc(F)cc(F)c2)cc1O. The number of fused-ring (bicyclic) bond motifs is 1. The highest BCUT2D eigenvalue weighted by Crippen LogP contribution is 2.23. The van der Waals surface area contributed by atoms with Crippen LogP contribution in [0.25, 0.3) is 11.0 Å². The number of aromatic hydroxyl groups is 1. The molecule has 0 saturated heterocycles. The predicted octanol–water partition coefficient (Wildman–Crippen LogP) is 4.01. The van der Waals surface area contributed by atoms with E-state index in [4.69, 9.17) is 0 Å². The Kier molecular flexibility index (Phi) is 6.03. The van der Waals surface area contributed by atoms with Crippen molar-refractivity contribution in [3.8, 4) is 5.75 Å². The number of phenols is 1. The summed E-state index contributed by atoms with van der Waals surface area (Å²) in [5, 5.41) is 15.4. The van der Waals surface area contributed by atoms with Gasteiger partial charge >= 0.3 is 0 Å². The van der Waals surface area contributed by atoms with Gasteiger partial charge < -0.3 is 20.3 Å². The van der Waals surface area contributed by atoms with Crippen molar-refractivity contribution < 1.29 is 23.5 Å². The Morgan fingerprint density at radius 2 is 1.73 bits per heavy atom. The Balaban J connectivity index is 1.39. The molecule has 0 aliphatic rings. The lowest BCUT2D eigenvalue weighted by Gasteiger charge is -2.11. The number of aryl methyl sites for hydroxylation is 1. The molecular weight excluding hydrogens is 430 g/mol. The second-order valence-electron chi connectivity index (χ2n) is 7.40. The molecule has 33 heavy (non-hydrogen) atoms. The van der Waals surface area contributed by atoms with Crippen LogP contribution >= 0.6 is 0 Å².